The summed E-state index contributed by atoms with van der Waals surface area (Å²) in [6.07, 6.45) is 6.05. The van der Waals surface area contributed by atoms with Crippen LogP contribution in [0.3, 0.4) is 0 Å². The van der Waals surface area contributed by atoms with Crippen LogP contribution in [0, 0.1) is 11.8 Å². The van der Waals surface area contributed by atoms with Gasteiger partial charge in [-0.2, -0.15) is 0 Å². The van der Waals surface area contributed by atoms with Gasteiger partial charge in [-0.3, -0.25) is 14.5 Å². The van der Waals surface area contributed by atoms with Gasteiger partial charge in [-0.05, 0) is 18.6 Å². The molecule has 0 aliphatic carbocycles. The van der Waals surface area contributed by atoms with Crippen molar-refractivity contribution in [3.63, 3.8) is 0 Å². The third-order valence-electron chi connectivity index (χ3n) is 7.03. The average Bonchev–Trinajstić information content (AvgIpc) is 3.33. The molecule has 3 aromatic heterocycles. The van der Waals surface area contributed by atoms with Gasteiger partial charge in [-0.15, -0.1) is 0 Å². The second-order valence-electron chi connectivity index (χ2n) is 8.94. The molecule has 2 amide bonds. The summed E-state index contributed by atoms with van der Waals surface area (Å²) in [7, 11) is 0. The van der Waals surface area contributed by atoms with Gasteiger partial charge in [0.25, 0.3) is 0 Å². The SMILES string of the molecule is NC(=O)C1CCN(C(=O)CN2CCN(c3cc[nH]c4cnc5nccc5c34)CC2)CC1CO. The van der Waals surface area contributed by atoms with Gasteiger partial charge in [0.2, 0.25) is 11.8 Å². The largest absolute Gasteiger partial charge is 0.396 e. The average molecular weight is 452 g/mol. The molecule has 2 unspecified atom stereocenters. The number of aliphatic hydroxyl groups excluding tert-OH is 1. The number of aliphatic hydroxyl groups is 1. The number of nitrogens with two attached hydrogens (primary N) is 1. The number of nitrogens with one attached hydrogen (secondary N) is 1. The molecule has 33 heavy (non-hydrogen) atoms. The van der Waals surface area contributed by atoms with Crippen molar-refractivity contribution in [3.8, 4) is 0 Å². The number of rotatable bonds is 5. The summed E-state index contributed by atoms with van der Waals surface area (Å²) < 4.78 is 0. The highest BCUT2D eigenvalue weighted by Crippen LogP contribution is 2.31. The minimum absolute atomic E-state index is 0.0419. The summed E-state index contributed by atoms with van der Waals surface area (Å²) in [5.41, 5.74) is 8.32. The molecule has 5 heterocycles. The Morgan fingerprint density at radius 1 is 1.15 bits per heavy atom. The van der Waals surface area contributed by atoms with Crippen LogP contribution in [0.15, 0.2) is 30.7 Å². The van der Waals surface area contributed by atoms with Gasteiger partial charge in [-0.1, -0.05) is 0 Å². The number of aromatic nitrogens is 3. The Hall–Kier alpha value is -3.24. The highest BCUT2D eigenvalue weighted by molar-refractivity contribution is 6.10. The van der Waals surface area contributed by atoms with Crippen LogP contribution in [-0.2, 0) is 9.59 Å². The second-order valence-corrected chi connectivity index (χ2v) is 8.94. The Balaban J connectivity index is 1.23. The van der Waals surface area contributed by atoms with Crippen molar-refractivity contribution in [2.45, 2.75) is 6.42 Å². The summed E-state index contributed by atoms with van der Waals surface area (Å²) in [6, 6.07) is 4.09. The molecule has 2 atom stereocenters. The molecule has 10 nitrogen and oxygen atoms in total. The molecule has 0 saturated carbocycles. The van der Waals surface area contributed by atoms with Crippen LogP contribution in [0.1, 0.15) is 6.42 Å². The predicted molar refractivity (Wildman–Crippen MR) is 125 cm³/mol. The first-order valence-corrected chi connectivity index (χ1v) is 11.4. The zero-order valence-electron chi connectivity index (χ0n) is 18.5. The fourth-order valence-electron chi connectivity index (χ4n) is 5.16. The number of carbonyl (C=O) groups excluding carboxylic acids is 2. The number of H-pyrrole nitrogens is 1. The zero-order chi connectivity index (χ0) is 22.9. The van der Waals surface area contributed by atoms with E-state index in [4.69, 9.17) is 5.73 Å². The Labute approximate surface area is 191 Å². The third kappa shape index (κ3) is 4.11. The molecule has 2 fully saturated rings. The number of piperazine rings is 1. The minimum atomic E-state index is -0.395. The summed E-state index contributed by atoms with van der Waals surface area (Å²) in [5.74, 6) is -0.994. The number of carbonyl (C=O) groups is 2. The topological polar surface area (TPSA) is 132 Å². The number of pyridine rings is 2. The number of hydrogen-bond donors (Lipinski definition) is 3. The molecule has 2 saturated heterocycles. The Bertz CT molecular complexity index is 1170. The van der Waals surface area contributed by atoms with Crippen LogP contribution in [0.2, 0.25) is 0 Å². The number of fused-ring (bicyclic) bond motifs is 3. The molecule has 0 spiro atoms. The molecule has 4 N–H and O–H groups in total. The van der Waals surface area contributed by atoms with Gasteiger partial charge in [0, 0.05) is 86.6 Å². The molecule has 0 bridgehead atoms. The highest BCUT2D eigenvalue weighted by Gasteiger charge is 2.34. The fourth-order valence-corrected chi connectivity index (χ4v) is 5.16. The van der Waals surface area contributed by atoms with E-state index in [9.17, 15) is 14.7 Å². The van der Waals surface area contributed by atoms with Gasteiger partial charge < -0.3 is 25.6 Å². The number of nitrogens with zero attached hydrogens (tertiary/aromatic N) is 5. The molecular formula is C23H29N7O3. The number of aromatic amines is 1. The quantitative estimate of drug-likeness (QED) is 0.504. The molecule has 3 aromatic rings. The van der Waals surface area contributed by atoms with E-state index in [1.54, 1.807) is 11.1 Å². The van der Waals surface area contributed by atoms with Crippen LogP contribution in [0.4, 0.5) is 5.69 Å². The van der Waals surface area contributed by atoms with Crippen molar-refractivity contribution in [1.82, 2.24) is 24.8 Å². The maximum atomic E-state index is 12.9. The number of piperidine rings is 1. The Morgan fingerprint density at radius 3 is 2.73 bits per heavy atom. The normalized spacial score (nSPS) is 22.2. The first-order chi connectivity index (χ1) is 16.0. The summed E-state index contributed by atoms with van der Waals surface area (Å²) in [4.78, 5) is 42.8. The van der Waals surface area contributed by atoms with E-state index in [1.165, 1.54) is 0 Å². The number of hydrogen-bond acceptors (Lipinski definition) is 7. The van der Waals surface area contributed by atoms with E-state index < -0.39 is 5.91 Å². The molecular weight excluding hydrogens is 422 g/mol. The zero-order valence-corrected chi connectivity index (χ0v) is 18.5. The van der Waals surface area contributed by atoms with Crippen molar-refractivity contribution < 1.29 is 14.7 Å². The number of amides is 2. The molecule has 2 aliphatic rings. The van der Waals surface area contributed by atoms with E-state index >= 15 is 0 Å². The molecule has 0 radical (unpaired) electrons. The van der Waals surface area contributed by atoms with E-state index in [0.717, 1.165) is 53.8 Å². The number of likely N-dealkylation sites (tertiary alicyclic amines) is 1. The van der Waals surface area contributed by atoms with Gasteiger partial charge in [0.15, 0.2) is 5.65 Å². The summed E-state index contributed by atoms with van der Waals surface area (Å²) in [6.45, 7) is 4.28. The van der Waals surface area contributed by atoms with Crippen molar-refractivity contribution in [2.24, 2.45) is 17.6 Å². The minimum Gasteiger partial charge on any atom is -0.396 e. The number of primary amides is 1. The van der Waals surface area contributed by atoms with Crippen LogP contribution in [0.5, 0.6) is 0 Å². The highest BCUT2D eigenvalue weighted by atomic mass is 16.3. The Kier molecular flexibility index (Phi) is 5.86. The number of anilines is 1. The molecule has 0 aromatic carbocycles. The first-order valence-electron chi connectivity index (χ1n) is 11.4. The van der Waals surface area contributed by atoms with Gasteiger partial charge in [0.05, 0.1) is 18.3 Å². The maximum absolute atomic E-state index is 12.9. The molecule has 174 valence electrons. The molecule has 5 rings (SSSR count). The van der Waals surface area contributed by atoms with E-state index in [2.05, 4.69) is 30.8 Å². The lowest BCUT2D eigenvalue weighted by Gasteiger charge is -2.39. The smallest absolute Gasteiger partial charge is 0.236 e. The first kappa shape index (κ1) is 21.6. The predicted octanol–water partition coefficient (Wildman–Crippen LogP) is 0.175. The van der Waals surface area contributed by atoms with Gasteiger partial charge >= 0.3 is 0 Å². The lowest BCUT2D eigenvalue weighted by Crippen LogP contribution is -2.53. The molecule has 2 aliphatic heterocycles. The molecule has 10 heteroatoms. The third-order valence-corrected chi connectivity index (χ3v) is 7.03. The lowest BCUT2D eigenvalue weighted by atomic mass is 9.85. The van der Waals surface area contributed by atoms with E-state index in [-0.39, 0.29) is 24.3 Å². The monoisotopic (exact) mass is 451 g/mol. The standard InChI is InChI=1S/C23H29N7O3/c24-22(33)16-3-6-30(12-15(16)14-31)20(32)13-28-7-9-29(10-8-28)19-2-5-25-18-11-27-23-17(21(18)19)1-4-26-23/h1-2,4-5,11,15-16,25,31H,3,6-10,12-14H2,(H2,24,33). The fraction of sp³-hybridized carbons (Fsp3) is 0.478. The van der Waals surface area contributed by atoms with Crippen molar-refractivity contribution >= 4 is 39.4 Å². The summed E-state index contributed by atoms with van der Waals surface area (Å²) >= 11 is 0. The Morgan fingerprint density at radius 2 is 1.97 bits per heavy atom. The van der Waals surface area contributed by atoms with Crippen LogP contribution < -0.4 is 10.6 Å². The van der Waals surface area contributed by atoms with Crippen molar-refractivity contribution in [1.29, 1.82) is 0 Å². The maximum Gasteiger partial charge on any atom is 0.236 e. The summed E-state index contributed by atoms with van der Waals surface area (Å²) in [5, 5.41) is 11.8. The second kappa shape index (κ2) is 8.95. The van der Waals surface area contributed by atoms with Crippen LogP contribution in [0.25, 0.3) is 21.9 Å². The lowest BCUT2D eigenvalue weighted by molar-refractivity contribution is -0.139. The van der Waals surface area contributed by atoms with E-state index in [0.29, 0.717) is 26.1 Å². The van der Waals surface area contributed by atoms with Crippen molar-refractivity contribution in [2.75, 3.05) is 57.3 Å². The van der Waals surface area contributed by atoms with Gasteiger partial charge in [0.1, 0.15) is 0 Å². The van der Waals surface area contributed by atoms with Crippen LogP contribution >= 0.6 is 0 Å². The van der Waals surface area contributed by atoms with Crippen LogP contribution in [-0.4, -0.2) is 94.1 Å². The van der Waals surface area contributed by atoms with E-state index in [1.807, 2.05) is 18.5 Å². The van der Waals surface area contributed by atoms with Gasteiger partial charge in [-0.25, -0.2) is 9.97 Å². The van der Waals surface area contributed by atoms with Crippen molar-refractivity contribution in [3.05, 3.63) is 30.7 Å².